The third-order valence-electron chi connectivity index (χ3n) is 3.27. The van der Waals surface area contributed by atoms with E-state index in [-0.39, 0.29) is 11.4 Å². The third-order valence-corrected chi connectivity index (χ3v) is 4.90. The summed E-state index contributed by atoms with van der Waals surface area (Å²) in [4.78, 5) is 22.3. The number of hydrogen-bond donors (Lipinski definition) is 1. The van der Waals surface area contributed by atoms with Crippen LogP contribution in [0.4, 0.5) is 11.4 Å². The summed E-state index contributed by atoms with van der Waals surface area (Å²) in [6.07, 6.45) is 2.31. The van der Waals surface area contributed by atoms with Gasteiger partial charge in [0.15, 0.2) is 0 Å². The molecule has 0 aliphatic rings. The van der Waals surface area contributed by atoms with E-state index in [2.05, 4.69) is 26.5 Å². The lowest BCUT2D eigenvalue weighted by Gasteiger charge is -2.21. The molecular formula is C16H15BrN4O5S. The molecule has 142 valence electrons. The summed E-state index contributed by atoms with van der Waals surface area (Å²) >= 11 is 3.31. The largest absolute Gasteiger partial charge is 0.271 e. The van der Waals surface area contributed by atoms with Crippen LogP contribution in [-0.2, 0) is 14.8 Å². The van der Waals surface area contributed by atoms with E-state index in [0.717, 1.165) is 26.7 Å². The van der Waals surface area contributed by atoms with Gasteiger partial charge in [-0.2, -0.15) is 5.10 Å². The predicted molar refractivity (Wildman–Crippen MR) is 105 cm³/mol. The SMILES string of the molecule is CS(=O)(=O)N(CC(=O)N/N=C\c1cccc(Br)c1)c1cccc([N+](=O)[O-])c1. The Kier molecular flexibility index (Phi) is 6.64. The van der Waals surface area contributed by atoms with Crippen LogP contribution in [0.15, 0.2) is 58.1 Å². The number of non-ortho nitro benzene ring substituents is 1. The first-order chi connectivity index (χ1) is 12.7. The molecule has 0 fully saturated rings. The van der Waals surface area contributed by atoms with Crippen molar-refractivity contribution in [2.75, 3.05) is 17.1 Å². The van der Waals surface area contributed by atoms with Crippen molar-refractivity contribution in [3.05, 3.63) is 68.7 Å². The standard InChI is InChI=1S/C16H15BrN4O5S/c1-27(25,26)20(14-6-3-7-15(9-14)21(23)24)11-16(22)19-18-10-12-4-2-5-13(17)8-12/h2-10H,11H2,1H3,(H,19,22)/b18-10-. The predicted octanol–water partition coefficient (Wildman–Crippen LogP) is 2.27. The molecule has 2 aromatic carbocycles. The van der Waals surface area contributed by atoms with E-state index >= 15 is 0 Å². The topological polar surface area (TPSA) is 122 Å². The summed E-state index contributed by atoms with van der Waals surface area (Å²) in [5.74, 6) is -0.696. The van der Waals surface area contributed by atoms with Crippen LogP contribution in [0.1, 0.15) is 5.56 Å². The first kappa shape index (κ1) is 20.5. The number of anilines is 1. The van der Waals surface area contributed by atoms with Gasteiger partial charge in [0.1, 0.15) is 6.54 Å². The minimum absolute atomic E-state index is 0.0119. The van der Waals surface area contributed by atoms with Gasteiger partial charge in [-0.15, -0.1) is 0 Å². The molecule has 2 rings (SSSR count). The molecule has 27 heavy (non-hydrogen) atoms. The number of nitrogens with zero attached hydrogens (tertiary/aromatic N) is 3. The Morgan fingerprint density at radius 2 is 2.00 bits per heavy atom. The maximum absolute atomic E-state index is 12.1. The molecule has 0 aliphatic heterocycles. The average molecular weight is 455 g/mol. The van der Waals surface area contributed by atoms with Gasteiger partial charge in [-0.05, 0) is 23.8 Å². The number of hydrogen-bond acceptors (Lipinski definition) is 6. The fourth-order valence-electron chi connectivity index (χ4n) is 2.09. The molecule has 0 saturated carbocycles. The van der Waals surface area contributed by atoms with E-state index in [1.807, 2.05) is 6.07 Å². The minimum Gasteiger partial charge on any atom is -0.271 e. The lowest BCUT2D eigenvalue weighted by atomic mass is 10.2. The van der Waals surface area contributed by atoms with Crippen LogP contribution >= 0.6 is 15.9 Å². The van der Waals surface area contributed by atoms with Gasteiger partial charge in [0.05, 0.1) is 23.1 Å². The van der Waals surface area contributed by atoms with Gasteiger partial charge in [0.2, 0.25) is 10.0 Å². The molecule has 0 aliphatic carbocycles. The summed E-state index contributed by atoms with van der Waals surface area (Å²) < 4.78 is 25.6. The summed E-state index contributed by atoms with van der Waals surface area (Å²) in [7, 11) is -3.85. The number of rotatable bonds is 7. The first-order valence-electron chi connectivity index (χ1n) is 7.46. The smallest absolute Gasteiger partial charge is 0.271 e. The number of sulfonamides is 1. The molecule has 1 N–H and O–H groups in total. The van der Waals surface area contributed by atoms with Crippen LogP contribution in [0.2, 0.25) is 0 Å². The van der Waals surface area contributed by atoms with Crippen molar-refractivity contribution in [2.24, 2.45) is 5.10 Å². The van der Waals surface area contributed by atoms with Gasteiger partial charge in [-0.25, -0.2) is 13.8 Å². The number of carbonyl (C=O) groups excluding carboxylic acids is 1. The number of benzene rings is 2. The van der Waals surface area contributed by atoms with Gasteiger partial charge >= 0.3 is 0 Å². The normalized spacial score (nSPS) is 11.3. The summed E-state index contributed by atoms with van der Waals surface area (Å²) in [5, 5.41) is 14.7. The maximum Gasteiger partial charge on any atom is 0.271 e. The Bertz CT molecular complexity index is 994. The molecule has 0 saturated heterocycles. The zero-order chi connectivity index (χ0) is 20.0. The Labute approximate surface area is 164 Å². The second-order valence-electron chi connectivity index (χ2n) is 5.39. The highest BCUT2D eigenvalue weighted by Crippen LogP contribution is 2.22. The summed E-state index contributed by atoms with van der Waals surface area (Å²) in [6, 6.07) is 12.2. The fraction of sp³-hybridized carbons (Fsp3) is 0.125. The molecule has 9 nitrogen and oxygen atoms in total. The Hall–Kier alpha value is -2.79. The minimum atomic E-state index is -3.85. The molecule has 0 heterocycles. The van der Waals surface area contributed by atoms with E-state index in [0.29, 0.717) is 0 Å². The van der Waals surface area contributed by atoms with E-state index in [1.165, 1.54) is 24.4 Å². The number of halogens is 1. The number of nitro benzene ring substituents is 1. The lowest BCUT2D eigenvalue weighted by Crippen LogP contribution is -2.39. The van der Waals surface area contributed by atoms with Crippen molar-refractivity contribution in [3.8, 4) is 0 Å². The Morgan fingerprint density at radius 3 is 2.63 bits per heavy atom. The quantitative estimate of drug-likeness (QED) is 0.390. The van der Waals surface area contributed by atoms with Gasteiger partial charge in [0.25, 0.3) is 11.6 Å². The van der Waals surface area contributed by atoms with Gasteiger partial charge in [-0.3, -0.25) is 19.2 Å². The Balaban J connectivity index is 2.13. The molecular weight excluding hydrogens is 440 g/mol. The second kappa shape index (κ2) is 8.73. The van der Waals surface area contributed by atoms with Crippen LogP contribution < -0.4 is 9.73 Å². The highest BCUT2D eigenvalue weighted by atomic mass is 79.9. The first-order valence-corrected chi connectivity index (χ1v) is 10.1. The van der Waals surface area contributed by atoms with Crippen LogP contribution in [0, 0.1) is 10.1 Å². The van der Waals surface area contributed by atoms with Crippen LogP contribution in [-0.4, -0.2) is 38.3 Å². The third kappa shape index (κ3) is 6.15. The van der Waals surface area contributed by atoms with E-state index in [4.69, 9.17) is 0 Å². The zero-order valence-corrected chi connectivity index (χ0v) is 16.5. The van der Waals surface area contributed by atoms with E-state index in [1.54, 1.807) is 18.2 Å². The number of nitro groups is 1. The Morgan fingerprint density at radius 1 is 1.30 bits per heavy atom. The fourth-order valence-corrected chi connectivity index (χ4v) is 3.36. The van der Waals surface area contributed by atoms with Gasteiger partial charge in [0, 0.05) is 16.6 Å². The number of nitrogens with one attached hydrogen (secondary N) is 1. The van der Waals surface area contributed by atoms with Crippen molar-refractivity contribution >= 4 is 49.4 Å². The second-order valence-corrected chi connectivity index (χ2v) is 8.22. The van der Waals surface area contributed by atoms with Crippen LogP contribution in [0.25, 0.3) is 0 Å². The van der Waals surface area contributed by atoms with Crippen LogP contribution in [0.5, 0.6) is 0 Å². The van der Waals surface area contributed by atoms with Crippen molar-refractivity contribution < 1.29 is 18.1 Å². The molecule has 0 unspecified atom stereocenters. The van der Waals surface area contributed by atoms with Crippen molar-refractivity contribution in [1.82, 2.24) is 5.43 Å². The van der Waals surface area contributed by atoms with Crippen LogP contribution in [0.3, 0.4) is 0 Å². The highest BCUT2D eigenvalue weighted by Gasteiger charge is 2.22. The zero-order valence-electron chi connectivity index (χ0n) is 14.1. The number of carbonyl (C=O) groups is 1. The molecule has 0 spiro atoms. The summed E-state index contributed by atoms with van der Waals surface area (Å²) in [5.41, 5.74) is 2.69. The van der Waals surface area contributed by atoms with Crippen molar-refractivity contribution in [1.29, 1.82) is 0 Å². The molecule has 0 atom stereocenters. The average Bonchev–Trinajstić information content (AvgIpc) is 2.59. The summed E-state index contributed by atoms with van der Waals surface area (Å²) in [6.45, 7) is -0.574. The van der Waals surface area contributed by atoms with Gasteiger partial charge < -0.3 is 0 Å². The lowest BCUT2D eigenvalue weighted by molar-refractivity contribution is -0.384. The maximum atomic E-state index is 12.1. The van der Waals surface area contributed by atoms with Crippen molar-refractivity contribution in [2.45, 2.75) is 0 Å². The molecule has 0 aromatic heterocycles. The highest BCUT2D eigenvalue weighted by molar-refractivity contribution is 9.10. The monoisotopic (exact) mass is 454 g/mol. The number of amides is 1. The molecule has 11 heteroatoms. The van der Waals surface area contributed by atoms with Gasteiger partial charge in [-0.1, -0.05) is 34.1 Å². The van der Waals surface area contributed by atoms with E-state index < -0.39 is 27.4 Å². The number of hydrazone groups is 1. The van der Waals surface area contributed by atoms with E-state index in [9.17, 15) is 23.3 Å². The molecule has 1 amide bonds. The molecule has 2 aromatic rings. The van der Waals surface area contributed by atoms with Crippen molar-refractivity contribution in [3.63, 3.8) is 0 Å². The molecule has 0 radical (unpaired) electrons. The molecule has 0 bridgehead atoms.